The van der Waals surface area contributed by atoms with Gasteiger partial charge < -0.3 is 20.2 Å². The van der Waals surface area contributed by atoms with Gasteiger partial charge in [0.05, 0.1) is 5.60 Å². The summed E-state index contributed by atoms with van der Waals surface area (Å²) in [6.45, 7) is 4.97. The Labute approximate surface area is 112 Å². The molecule has 0 bridgehead atoms. The Kier molecular flexibility index (Phi) is 2.86. The lowest BCUT2D eigenvalue weighted by Crippen LogP contribution is -2.40. The van der Waals surface area contributed by atoms with Crippen molar-refractivity contribution in [2.75, 3.05) is 17.7 Å². The zero-order chi connectivity index (χ0) is 13.5. The van der Waals surface area contributed by atoms with Crippen LogP contribution in [0.1, 0.15) is 26.7 Å². The maximum absolute atomic E-state index is 5.73. The Balaban J connectivity index is 1.77. The van der Waals surface area contributed by atoms with Crippen LogP contribution in [0.3, 0.4) is 0 Å². The first-order valence-electron chi connectivity index (χ1n) is 6.58. The zero-order valence-electron chi connectivity index (χ0n) is 11.3. The second-order valence-electron chi connectivity index (χ2n) is 5.69. The van der Waals surface area contributed by atoms with Crippen molar-refractivity contribution in [3.05, 3.63) is 18.2 Å². The summed E-state index contributed by atoms with van der Waals surface area (Å²) < 4.78 is 11.4. The number of nitrogens with one attached hydrogen (secondary N) is 1. The predicted molar refractivity (Wildman–Crippen MR) is 75.1 cm³/mol. The molecule has 3 rings (SSSR count). The van der Waals surface area contributed by atoms with Gasteiger partial charge in [-0.2, -0.15) is 4.98 Å². The molecule has 0 radical (unpaired) electrons. The molecular formula is C14H19N3O2. The quantitative estimate of drug-likeness (QED) is 0.813. The summed E-state index contributed by atoms with van der Waals surface area (Å²) in [5.41, 5.74) is 7.88. The standard InChI is InChI=1S/C14H19N3O2/c1-14(2)8-10(5-6-18-14)16-13-17-11-7-9(15)3-4-12(11)19-13/h3-4,7,10H,5-6,8,15H2,1-2H3,(H,16,17). The fourth-order valence-corrected chi connectivity index (χ4v) is 2.54. The Bertz CT molecular complexity index is 591. The lowest BCUT2D eigenvalue weighted by Gasteiger charge is -2.35. The topological polar surface area (TPSA) is 73.3 Å². The van der Waals surface area contributed by atoms with E-state index >= 15 is 0 Å². The van der Waals surface area contributed by atoms with E-state index in [0.29, 0.717) is 17.7 Å². The van der Waals surface area contributed by atoms with Crippen LogP contribution in [0.4, 0.5) is 11.7 Å². The Morgan fingerprint density at radius 1 is 1.42 bits per heavy atom. The molecule has 5 nitrogen and oxygen atoms in total. The molecule has 19 heavy (non-hydrogen) atoms. The van der Waals surface area contributed by atoms with Crippen LogP contribution in [-0.4, -0.2) is 23.2 Å². The fraction of sp³-hybridized carbons (Fsp3) is 0.500. The van der Waals surface area contributed by atoms with Crippen molar-refractivity contribution in [1.82, 2.24) is 4.98 Å². The van der Waals surface area contributed by atoms with Gasteiger partial charge in [0.1, 0.15) is 5.52 Å². The number of aromatic nitrogens is 1. The largest absolute Gasteiger partial charge is 0.424 e. The number of hydrogen-bond donors (Lipinski definition) is 2. The molecule has 5 heteroatoms. The molecule has 1 aromatic heterocycles. The zero-order valence-corrected chi connectivity index (χ0v) is 11.3. The maximum Gasteiger partial charge on any atom is 0.295 e. The van der Waals surface area contributed by atoms with Crippen molar-refractivity contribution in [1.29, 1.82) is 0 Å². The van der Waals surface area contributed by atoms with Crippen LogP contribution >= 0.6 is 0 Å². The van der Waals surface area contributed by atoms with Crippen LogP contribution < -0.4 is 11.1 Å². The van der Waals surface area contributed by atoms with Gasteiger partial charge in [0.2, 0.25) is 0 Å². The Morgan fingerprint density at radius 3 is 3.05 bits per heavy atom. The summed E-state index contributed by atoms with van der Waals surface area (Å²) >= 11 is 0. The van der Waals surface area contributed by atoms with Gasteiger partial charge in [-0.3, -0.25) is 0 Å². The van der Waals surface area contributed by atoms with Crippen molar-refractivity contribution in [2.24, 2.45) is 0 Å². The Morgan fingerprint density at radius 2 is 2.26 bits per heavy atom. The van der Waals surface area contributed by atoms with E-state index in [9.17, 15) is 0 Å². The number of fused-ring (bicyclic) bond motifs is 1. The molecule has 1 atom stereocenters. The summed E-state index contributed by atoms with van der Waals surface area (Å²) in [6.07, 6.45) is 1.90. The molecule has 1 fully saturated rings. The Hall–Kier alpha value is -1.75. The van der Waals surface area contributed by atoms with Crippen LogP contribution in [-0.2, 0) is 4.74 Å². The molecule has 2 heterocycles. The highest BCUT2D eigenvalue weighted by molar-refractivity contribution is 5.78. The van der Waals surface area contributed by atoms with Gasteiger partial charge in [-0.05, 0) is 44.9 Å². The summed E-state index contributed by atoms with van der Waals surface area (Å²) in [4.78, 5) is 4.42. The molecule has 3 N–H and O–H groups in total. The van der Waals surface area contributed by atoms with E-state index < -0.39 is 0 Å². The SMILES string of the molecule is CC1(C)CC(Nc2nc3cc(N)ccc3o2)CCO1. The monoisotopic (exact) mass is 261 g/mol. The minimum Gasteiger partial charge on any atom is -0.424 e. The van der Waals surface area contributed by atoms with E-state index in [0.717, 1.165) is 30.5 Å². The van der Waals surface area contributed by atoms with E-state index in [4.69, 9.17) is 14.9 Å². The normalized spacial score (nSPS) is 22.5. The lowest BCUT2D eigenvalue weighted by atomic mass is 9.94. The van der Waals surface area contributed by atoms with Crippen LogP contribution in [0, 0.1) is 0 Å². The molecule has 0 aliphatic carbocycles. The second kappa shape index (κ2) is 4.42. The van der Waals surface area contributed by atoms with Crippen molar-refractivity contribution in [2.45, 2.75) is 38.3 Å². The third kappa shape index (κ3) is 2.66. The molecule has 0 saturated carbocycles. The van der Waals surface area contributed by atoms with Crippen molar-refractivity contribution >= 4 is 22.8 Å². The van der Waals surface area contributed by atoms with E-state index in [2.05, 4.69) is 24.1 Å². The highest BCUT2D eigenvalue weighted by Gasteiger charge is 2.29. The number of anilines is 2. The number of nitrogens with zero attached hydrogens (tertiary/aromatic N) is 1. The first kappa shape index (κ1) is 12.3. The summed E-state index contributed by atoms with van der Waals surface area (Å²) in [6, 6.07) is 6.36. The van der Waals surface area contributed by atoms with Gasteiger partial charge in [-0.1, -0.05) is 0 Å². The molecule has 1 aromatic carbocycles. The number of rotatable bonds is 2. The smallest absolute Gasteiger partial charge is 0.295 e. The molecule has 1 saturated heterocycles. The molecule has 1 unspecified atom stereocenters. The summed E-state index contributed by atoms with van der Waals surface area (Å²) in [5.74, 6) is 0. The number of hydrogen-bond acceptors (Lipinski definition) is 5. The highest BCUT2D eigenvalue weighted by Crippen LogP contribution is 2.27. The number of nitrogen functional groups attached to an aromatic ring is 1. The molecule has 102 valence electrons. The summed E-state index contributed by atoms with van der Waals surface area (Å²) in [7, 11) is 0. The molecule has 1 aliphatic rings. The second-order valence-corrected chi connectivity index (χ2v) is 5.69. The maximum atomic E-state index is 5.73. The number of ether oxygens (including phenoxy) is 1. The van der Waals surface area contributed by atoms with Crippen LogP contribution in [0.15, 0.2) is 22.6 Å². The first-order chi connectivity index (χ1) is 9.02. The van der Waals surface area contributed by atoms with Crippen LogP contribution in [0.2, 0.25) is 0 Å². The van der Waals surface area contributed by atoms with Gasteiger partial charge in [0.15, 0.2) is 5.58 Å². The van der Waals surface area contributed by atoms with Gasteiger partial charge in [-0.15, -0.1) is 0 Å². The van der Waals surface area contributed by atoms with Crippen molar-refractivity contribution in [3.63, 3.8) is 0 Å². The van der Waals surface area contributed by atoms with Gasteiger partial charge >= 0.3 is 0 Å². The minimum atomic E-state index is -0.0909. The predicted octanol–water partition coefficient (Wildman–Crippen LogP) is 2.78. The number of nitrogens with two attached hydrogens (primary N) is 1. The van der Waals surface area contributed by atoms with E-state index in [1.165, 1.54) is 0 Å². The first-order valence-corrected chi connectivity index (χ1v) is 6.58. The number of oxazole rings is 1. The molecule has 0 amide bonds. The third-order valence-corrected chi connectivity index (χ3v) is 3.44. The van der Waals surface area contributed by atoms with Gasteiger partial charge in [-0.25, -0.2) is 0 Å². The molecular weight excluding hydrogens is 242 g/mol. The van der Waals surface area contributed by atoms with Gasteiger partial charge in [0, 0.05) is 18.3 Å². The average Bonchev–Trinajstić information content (AvgIpc) is 2.68. The average molecular weight is 261 g/mol. The lowest BCUT2D eigenvalue weighted by molar-refractivity contribution is -0.0555. The molecule has 1 aliphatic heterocycles. The molecule has 0 spiro atoms. The van der Waals surface area contributed by atoms with Gasteiger partial charge in [0.25, 0.3) is 6.01 Å². The van der Waals surface area contributed by atoms with E-state index in [1.807, 2.05) is 18.2 Å². The van der Waals surface area contributed by atoms with Crippen molar-refractivity contribution < 1.29 is 9.15 Å². The fourth-order valence-electron chi connectivity index (χ4n) is 2.54. The highest BCUT2D eigenvalue weighted by atomic mass is 16.5. The molecule has 2 aromatic rings. The van der Waals surface area contributed by atoms with Crippen molar-refractivity contribution in [3.8, 4) is 0 Å². The number of benzene rings is 1. The van der Waals surface area contributed by atoms with Crippen LogP contribution in [0.5, 0.6) is 0 Å². The van der Waals surface area contributed by atoms with Crippen LogP contribution in [0.25, 0.3) is 11.1 Å². The minimum absolute atomic E-state index is 0.0909. The van der Waals surface area contributed by atoms with E-state index in [-0.39, 0.29) is 5.60 Å². The third-order valence-electron chi connectivity index (χ3n) is 3.44. The van der Waals surface area contributed by atoms with E-state index in [1.54, 1.807) is 0 Å². The summed E-state index contributed by atoms with van der Waals surface area (Å²) in [5, 5.41) is 3.35.